The van der Waals surface area contributed by atoms with Gasteiger partial charge in [-0.3, -0.25) is 0 Å². The van der Waals surface area contributed by atoms with E-state index in [1.807, 2.05) is 39.8 Å². The number of rotatable bonds is 5. The van der Waals surface area contributed by atoms with Gasteiger partial charge in [0, 0.05) is 11.1 Å². The van der Waals surface area contributed by atoms with Crippen LogP contribution in [0, 0.1) is 27.7 Å². The number of hydrogen-bond acceptors (Lipinski definition) is 4. The normalized spacial score (nSPS) is 10.5. The van der Waals surface area contributed by atoms with Crippen molar-refractivity contribution in [1.29, 1.82) is 0 Å². The minimum Gasteiger partial charge on any atom is -0.462 e. The first-order chi connectivity index (χ1) is 12.3. The molecule has 0 spiro atoms. The molecule has 0 saturated carbocycles. The van der Waals surface area contributed by atoms with E-state index in [9.17, 15) is 9.59 Å². The lowest BCUT2D eigenvalue weighted by Gasteiger charge is -2.20. The second kappa shape index (κ2) is 8.17. The Bertz CT molecular complexity index is 778. The molecular weight excluding hydrogens is 328 g/mol. The summed E-state index contributed by atoms with van der Waals surface area (Å²) in [5.41, 5.74) is 6.42. The molecule has 0 radical (unpaired) electrons. The third-order valence-electron chi connectivity index (χ3n) is 4.71. The highest BCUT2D eigenvalue weighted by Gasteiger charge is 2.24. The summed E-state index contributed by atoms with van der Waals surface area (Å²) >= 11 is 0. The van der Waals surface area contributed by atoms with Crippen molar-refractivity contribution in [2.75, 3.05) is 13.2 Å². The van der Waals surface area contributed by atoms with Crippen LogP contribution in [0.1, 0.15) is 56.8 Å². The summed E-state index contributed by atoms with van der Waals surface area (Å²) in [7, 11) is 0. The topological polar surface area (TPSA) is 52.6 Å². The Hall–Kier alpha value is -2.62. The zero-order valence-electron chi connectivity index (χ0n) is 16.4. The van der Waals surface area contributed by atoms with Gasteiger partial charge in [-0.2, -0.15) is 0 Å². The van der Waals surface area contributed by atoms with E-state index in [2.05, 4.69) is 0 Å². The molecular formula is C22H26O4. The Kier molecular flexibility index (Phi) is 6.19. The van der Waals surface area contributed by atoms with Crippen molar-refractivity contribution in [3.63, 3.8) is 0 Å². The van der Waals surface area contributed by atoms with Crippen LogP contribution in [-0.2, 0) is 9.47 Å². The number of aryl methyl sites for hydroxylation is 2. The predicted molar refractivity (Wildman–Crippen MR) is 103 cm³/mol. The van der Waals surface area contributed by atoms with Crippen molar-refractivity contribution in [2.24, 2.45) is 0 Å². The zero-order valence-corrected chi connectivity index (χ0v) is 16.4. The lowest BCUT2D eigenvalue weighted by Crippen LogP contribution is -2.13. The van der Waals surface area contributed by atoms with Crippen LogP contribution in [0.3, 0.4) is 0 Å². The van der Waals surface area contributed by atoms with Crippen LogP contribution in [0.4, 0.5) is 0 Å². The van der Waals surface area contributed by atoms with Crippen molar-refractivity contribution >= 4 is 11.9 Å². The summed E-state index contributed by atoms with van der Waals surface area (Å²) in [6, 6.07) is 7.35. The fraction of sp³-hybridized carbons (Fsp3) is 0.364. The highest BCUT2D eigenvalue weighted by Crippen LogP contribution is 2.36. The Morgan fingerprint density at radius 1 is 0.692 bits per heavy atom. The maximum Gasteiger partial charge on any atom is 0.338 e. The van der Waals surface area contributed by atoms with Gasteiger partial charge in [-0.15, -0.1) is 0 Å². The highest BCUT2D eigenvalue weighted by molar-refractivity contribution is 6.05. The molecule has 2 rings (SSSR count). The second-order valence-corrected chi connectivity index (χ2v) is 6.30. The SMILES string of the molecule is CCOC(=O)c1ccc(C)c(C)c1-c1c(C(=O)OCC)ccc(C)c1C. The van der Waals surface area contributed by atoms with E-state index in [0.717, 1.165) is 33.4 Å². The number of benzene rings is 2. The number of ether oxygens (including phenoxy) is 2. The predicted octanol–water partition coefficient (Wildman–Crippen LogP) is 4.94. The Morgan fingerprint density at radius 2 is 1.04 bits per heavy atom. The van der Waals surface area contributed by atoms with E-state index in [1.165, 1.54) is 0 Å². The molecule has 4 nitrogen and oxygen atoms in total. The Balaban J connectivity index is 2.87. The molecule has 0 aliphatic rings. The van der Waals surface area contributed by atoms with Gasteiger partial charge >= 0.3 is 11.9 Å². The molecule has 0 aliphatic heterocycles. The lowest BCUT2D eigenvalue weighted by atomic mass is 9.85. The van der Waals surface area contributed by atoms with Gasteiger partial charge in [-0.05, 0) is 75.9 Å². The molecule has 0 saturated heterocycles. The summed E-state index contributed by atoms with van der Waals surface area (Å²) in [6.07, 6.45) is 0. The van der Waals surface area contributed by atoms with E-state index < -0.39 is 0 Å². The number of carbonyl (C=O) groups is 2. The second-order valence-electron chi connectivity index (χ2n) is 6.30. The Labute approximate surface area is 155 Å². The maximum atomic E-state index is 12.6. The molecule has 2 aromatic rings. The standard InChI is InChI=1S/C22H26O4/c1-7-25-21(23)17-11-9-13(3)15(5)19(17)20-16(6)14(4)10-12-18(20)22(24)26-8-2/h9-12H,7-8H2,1-6H3. The van der Waals surface area contributed by atoms with Crippen molar-refractivity contribution in [1.82, 2.24) is 0 Å². The van der Waals surface area contributed by atoms with Gasteiger partial charge in [0.2, 0.25) is 0 Å². The van der Waals surface area contributed by atoms with Crippen LogP contribution in [-0.4, -0.2) is 25.2 Å². The fourth-order valence-corrected chi connectivity index (χ4v) is 3.03. The molecule has 138 valence electrons. The fourth-order valence-electron chi connectivity index (χ4n) is 3.03. The van der Waals surface area contributed by atoms with Gasteiger partial charge in [0.1, 0.15) is 0 Å². The van der Waals surface area contributed by atoms with Gasteiger partial charge < -0.3 is 9.47 Å². The maximum absolute atomic E-state index is 12.6. The Morgan fingerprint density at radius 3 is 1.35 bits per heavy atom. The van der Waals surface area contributed by atoms with Gasteiger partial charge in [-0.25, -0.2) is 9.59 Å². The van der Waals surface area contributed by atoms with Crippen LogP contribution < -0.4 is 0 Å². The van der Waals surface area contributed by atoms with Crippen molar-refractivity contribution in [3.8, 4) is 11.1 Å². The lowest BCUT2D eigenvalue weighted by molar-refractivity contribution is 0.0515. The number of carbonyl (C=O) groups excluding carboxylic acids is 2. The molecule has 2 aromatic carbocycles. The monoisotopic (exact) mass is 354 g/mol. The molecule has 0 heterocycles. The summed E-state index contributed by atoms with van der Waals surface area (Å²) in [5, 5.41) is 0. The highest BCUT2D eigenvalue weighted by atomic mass is 16.5. The van der Waals surface area contributed by atoms with E-state index in [-0.39, 0.29) is 11.9 Å². The minimum absolute atomic E-state index is 0.294. The molecule has 0 N–H and O–H groups in total. The molecule has 0 aliphatic carbocycles. The zero-order chi connectivity index (χ0) is 19.4. The van der Waals surface area contributed by atoms with Crippen LogP contribution in [0.2, 0.25) is 0 Å². The van der Waals surface area contributed by atoms with Gasteiger partial charge in [-0.1, -0.05) is 12.1 Å². The van der Waals surface area contributed by atoms with Crippen LogP contribution in [0.25, 0.3) is 11.1 Å². The summed E-state index contributed by atoms with van der Waals surface area (Å²) < 4.78 is 10.5. The number of esters is 2. The molecule has 26 heavy (non-hydrogen) atoms. The molecule has 0 fully saturated rings. The van der Waals surface area contributed by atoms with E-state index >= 15 is 0 Å². The van der Waals surface area contributed by atoms with E-state index in [1.54, 1.807) is 26.0 Å². The van der Waals surface area contributed by atoms with Gasteiger partial charge in [0.25, 0.3) is 0 Å². The first-order valence-corrected chi connectivity index (χ1v) is 8.88. The van der Waals surface area contributed by atoms with Crippen molar-refractivity contribution in [2.45, 2.75) is 41.5 Å². The van der Waals surface area contributed by atoms with Crippen LogP contribution >= 0.6 is 0 Å². The molecule has 0 aromatic heterocycles. The smallest absolute Gasteiger partial charge is 0.338 e. The van der Waals surface area contributed by atoms with Crippen molar-refractivity contribution < 1.29 is 19.1 Å². The molecule has 0 atom stereocenters. The molecule has 0 bridgehead atoms. The molecule has 4 heteroatoms. The minimum atomic E-state index is -0.388. The number of hydrogen-bond donors (Lipinski definition) is 0. The van der Waals surface area contributed by atoms with E-state index in [4.69, 9.17) is 9.47 Å². The quantitative estimate of drug-likeness (QED) is 0.714. The summed E-state index contributed by atoms with van der Waals surface area (Å²) in [5.74, 6) is -0.775. The van der Waals surface area contributed by atoms with Crippen LogP contribution in [0.5, 0.6) is 0 Å². The van der Waals surface area contributed by atoms with E-state index in [0.29, 0.717) is 24.3 Å². The van der Waals surface area contributed by atoms with Gasteiger partial charge in [0.15, 0.2) is 0 Å². The first kappa shape index (κ1) is 19.7. The first-order valence-electron chi connectivity index (χ1n) is 8.88. The summed E-state index contributed by atoms with van der Waals surface area (Å²) in [6.45, 7) is 12.0. The third-order valence-corrected chi connectivity index (χ3v) is 4.71. The molecule has 0 unspecified atom stereocenters. The van der Waals surface area contributed by atoms with Crippen LogP contribution in [0.15, 0.2) is 24.3 Å². The van der Waals surface area contributed by atoms with Crippen molar-refractivity contribution in [3.05, 3.63) is 57.6 Å². The average Bonchev–Trinajstić information content (AvgIpc) is 2.60. The summed E-state index contributed by atoms with van der Waals surface area (Å²) in [4.78, 5) is 25.1. The average molecular weight is 354 g/mol. The molecule has 0 amide bonds. The third kappa shape index (κ3) is 3.64. The largest absolute Gasteiger partial charge is 0.462 e. The van der Waals surface area contributed by atoms with Gasteiger partial charge in [0.05, 0.1) is 24.3 Å².